The normalized spacial score (nSPS) is 22.7. The molecule has 1 atom stereocenters. The van der Waals surface area contributed by atoms with E-state index in [0.717, 1.165) is 56.1 Å². The molecule has 2 heterocycles. The zero-order valence-corrected chi connectivity index (χ0v) is 12.2. The predicted molar refractivity (Wildman–Crippen MR) is 77.6 cm³/mol. The lowest BCUT2D eigenvalue weighted by atomic mass is 9.97. The summed E-state index contributed by atoms with van der Waals surface area (Å²) in [5.41, 5.74) is 1.97. The van der Waals surface area contributed by atoms with Crippen molar-refractivity contribution >= 4 is 11.9 Å². The van der Waals surface area contributed by atoms with Crippen LogP contribution in [-0.2, 0) is 4.79 Å². The maximum absolute atomic E-state index is 12.2. The van der Waals surface area contributed by atoms with Crippen molar-refractivity contribution in [1.29, 1.82) is 0 Å². The van der Waals surface area contributed by atoms with Crippen molar-refractivity contribution in [3.63, 3.8) is 0 Å². The molecule has 5 heteroatoms. The van der Waals surface area contributed by atoms with Gasteiger partial charge in [0.2, 0.25) is 11.9 Å². The number of hydrogen-bond acceptors (Lipinski definition) is 4. The minimum absolute atomic E-state index is 0.0776. The maximum atomic E-state index is 12.2. The Morgan fingerprint density at radius 2 is 1.95 bits per heavy atom. The number of nitrogens with zero attached hydrogens (tertiary/aromatic N) is 3. The standard InChI is InChI=1S/C15H22N4O/c1-10-8-11(2)17-15(16-10)19-7-3-4-12(9-19)14(20)18-13-5-6-13/h8,12-13H,3-7,9H2,1-2H3,(H,18,20)/t12-/m1/s1. The molecule has 1 aliphatic heterocycles. The summed E-state index contributed by atoms with van der Waals surface area (Å²) in [5.74, 6) is 1.06. The van der Waals surface area contributed by atoms with Crippen molar-refractivity contribution in [1.82, 2.24) is 15.3 Å². The molecule has 1 saturated heterocycles. The number of rotatable bonds is 3. The lowest BCUT2D eigenvalue weighted by Crippen LogP contribution is -2.44. The number of piperidine rings is 1. The topological polar surface area (TPSA) is 58.1 Å². The molecule has 3 rings (SSSR count). The van der Waals surface area contributed by atoms with Crippen LogP contribution in [0.4, 0.5) is 5.95 Å². The van der Waals surface area contributed by atoms with Crippen LogP contribution in [0.1, 0.15) is 37.1 Å². The molecule has 1 aliphatic carbocycles. The Bertz CT molecular complexity index is 492. The number of carbonyl (C=O) groups excluding carboxylic acids is 1. The molecule has 5 nitrogen and oxygen atoms in total. The SMILES string of the molecule is Cc1cc(C)nc(N2CCC[C@@H](C(=O)NC3CC3)C2)n1. The average Bonchev–Trinajstić information content (AvgIpc) is 3.22. The highest BCUT2D eigenvalue weighted by atomic mass is 16.2. The summed E-state index contributed by atoms with van der Waals surface area (Å²) in [7, 11) is 0. The van der Waals surface area contributed by atoms with E-state index in [-0.39, 0.29) is 11.8 Å². The number of amides is 1. The van der Waals surface area contributed by atoms with Gasteiger partial charge in [-0.1, -0.05) is 0 Å². The molecule has 0 spiro atoms. The summed E-state index contributed by atoms with van der Waals surface area (Å²) in [4.78, 5) is 23.3. The molecule has 0 unspecified atom stereocenters. The fraction of sp³-hybridized carbons (Fsp3) is 0.667. The van der Waals surface area contributed by atoms with Gasteiger partial charge in [0.05, 0.1) is 5.92 Å². The van der Waals surface area contributed by atoms with Gasteiger partial charge in [-0.2, -0.15) is 0 Å². The quantitative estimate of drug-likeness (QED) is 0.909. The molecule has 20 heavy (non-hydrogen) atoms. The van der Waals surface area contributed by atoms with Gasteiger partial charge in [-0.3, -0.25) is 4.79 Å². The van der Waals surface area contributed by atoms with E-state index < -0.39 is 0 Å². The largest absolute Gasteiger partial charge is 0.353 e. The number of carbonyl (C=O) groups is 1. The van der Waals surface area contributed by atoms with Crippen molar-refractivity contribution < 1.29 is 4.79 Å². The molecule has 2 fully saturated rings. The summed E-state index contributed by atoms with van der Waals surface area (Å²) >= 11 is 0. The Morgan fingerprint density at radius 1 is 1.25 bits per heavy atom. The zero-order chi connectivity index (χ0) is 14.1. The molecule has 0 bridgehead atoms. The highest BCUT2D eigenvalue weighted by molar-refractivity contribution is 5.80. The van der Waals surface area contributed by atoms with E-state index >= 15 is 0 Å². The van der Waals surface area contributed by atoms with Gasteiger partial charge < -0.3 is 10.2 Å². The molecular formula is C15H22N4O. The molecule has 1 amide bonds. The first-order valence-electron chi connectivity index (χ1n) is 7.49. The van der Waals surface area contributed by atoms with Crippen LogP contribution in [-0.4, -0.2) is 35.0 Å². The number of aromatic nitrogens is 2. The number of nitrogens with one attached hydrogen (secondary N) is 1. The third kappa shape index (κ3) is 3.08. The second-order valence-electron chi connectivity index (χ2n) is 6.02. The molecule has 2 aliphatic rings. The van der Waals surface area contributed by atoms with Gasteiger partial charge in [0.1, 0.15) is 0 Å². The summed E-state index contributed by atoms with van der Waals surface area (Å²) in [6, 6.07) is 2.42. The minimum atomic E-state index is 0.0776. The van der Waals surface area contributed by atoms with Crippen LogP contribution in [0.2, 0.25) is 0 Å². The van der Waals surface area contributed by atoms with Crippen LogP contribution >= 0.6 is 0 Å². The Balaban J connectivity index is 1.68. The Labute approximate surface area is 119 Å². The van der Waals surface area contributed by atoms with Crippen LogP contribution in [0, 0.1) is 19.8 Å². The maximum Gasteiger partial charge on any atom is 0.225 e. The van der Waals surface area contributed by atoms with Gasteiger partial charge in [0, 0.05) is 30.5 Å². The highest BCUT2D eigenvalue weighted by Gasteiger charge is 2.31. The van der Waals surface area contributed by atoms with Crippen LogP contribution in [0.3, 0.4) is 0 Å². The highest BCUT2D eigenvalue weighted by Crippen LogP contribution is 2.24. The third-order valence-electron chi connectivity index (χ3n) is 3.97. The smallest absolute Gasteiger partial charge is 0.225 e. The fourth-order valence-corrected chi connectivity index (χ4v) is 2.77. The van der Waals surface area contributed by atoms with E-state index in [1.54, 1.807) is 0 Å². The third-order valence-corrected chi connectivity index (χ3v) is 3.97. The van der Waals surface area contributed by atoms with E-state index in [1.807, 2.05) is 19.9 Å². The first-order chi connectivity index (χ1) is 9.61. The van der Waals surface area contributed by atoms with Crippen molar-refractivity contribution in [2.75, 3.05) is 18.0 Å². The van der Waals surface area contributed by atoms with Crippen molar-refractivity contribution in [3.8, 4) is 0 Å². The fourth-order valence-electron chi connectivity index (χ4n) is 2.77. The molecule has 0 radical (unpaired) electrons. The summed E-state index contributed by atoms with van der Waals surface area (Å²) in [5, 5.41) is 3.11. The second kappa shape index (κ2) is 5.38. The number of anilines is 1. The van der Waals surface area contributed by atoms with Gasteiger partial charge in [-0.05, 0) is 45.6 Å². The Morgan fingerprint density at radius 3 is 2.60 bits per heavy atom. The van der Waals surface area contributed by atoms with Gasteiger partial charge in [-0.15, -0.1) is 0 Å². The molecule has 108 valence electrons. The van der Waals surface area contributed by atoms with Gasteiger partial charge >= 0.3 is 0 Å². The summed E-state index contributed by atoms with van der Waals surface area (Å²) in [6.07, 6.45) is 4.28. The molecule has 1 aromatic heterocycles. The average molecular weight is 274 g/mol. The van der Waals surface area contributed by atoms with E-state index in [4.69, 9.17) is 0 Å². The van der Waals surface area contributed by atoms with Crippen molar-refractivity contribution in [2.24, 2.45) is 5.92 Å². The van der Waals surface area contributed by atoms with E-state index in [9.17, 15) is 4.79 Å². The lowest BCUT2D eigenvalue weighted by Gasteiger charge is -2.32. The summed E-state index contributed by atoms with van der Waals surface area (Å²) < 4.78 is 0. The van der Waals surface area contributed by atoms with Crippen molar-refractivity contribution in [3.05, 3.63) is 17.5 Å². The molecule has 1 saturated carbocycles. The van der Waals surface area contributed by atoms with E-state index in [0.29, 0.717) is 6.04 Å². The second-order valence-corrected chi connectivity index (χ2v) is 6.02. The van der Waals surface area contributed by atoms with Crippen molar-refractivity contribution in [2.45, 2.75) is 45.6 Å². The monoisotopic (exact) mass is 274 g/mol. The van der Waals surface area contributed by atoms with Gasteiger partial charge in [-0.25, -0.2) is 9.97 Å². The van der Waals surface area contributed by atoms with Crippen LogP contribution in [0.15, 0.2) is 6.07 Å². The Kier molecular flexibility index (Phi) is 3.59. The summed E-state index contributed by atoms with van der Waals surface area (Å²) in [6.45, 7) is 5.65. The molecular weight excluding hydrogens is 252 g/mol. The van der Waals surface area contributed by atoms with E-state index in [2.05, 4.69) is 20.2 Å². The zero-order valence-electron chi connectivity index (χ0n) is 12.2. The van der Waals surface area contributed by atoms with Gasteiger partial charge in [0.15, 0.2) is 0 Å². The first kappa shape index (κ1) is 13.3. The lowest BCUT2D eigenvalue weighted by molar-refractivity contribution is -0.125. The Hall–Kier alpha value is -1.65. The van der Waals surface area contributed by atoms with Crippen LogP contribution < -0.4 is 10.2 Å². The predicted octanol–water partition coefficient (Wildman–Crippen LogP) is 1.59. The minimum Gasteiger partial charge on any atom is -0.353 e. The molecule has 1 aromatic rings. The first-order valence-corrected chi connectivity index (χ1v) is 7.49. The van der Waals surface area contributed by atoms with E-state index in [1.165, 1.54) is 0 Å². The van der Waals surface area contributed by atoms with Crippen LogP contribution in [0.5, 0.6) is 0 Å². The van der Waals surface area contributed by atoms with Gasteiger partial charge in [0.25, 0.3) is 0 Å². The molecule has 0 aromatic carbocycles. The molecule has 1 N–H and O–H groups in total. The number of hydrogen-bond donors (Lipinski definition) is 1. The number of aryl methyl sites for hydroxylation is 2. The van der Waals surface area contributed by atoms with Crippen LogP contribution in [0.25, 0.3) is 0 Å².